The molecule has 20 heavy (non-hydrogen) atoms. The topological polar surface area (TPSA) is 43.7 Å². The molecule has 0 amide bonds. The quantitative estimate of drug-likeness (QED) is 0.792. The highest BCUT2D eigenvalue weighted by atomic mass is 32.1. The second-order valence-corrected chi connectivity index (χ2v) is 6.20. The van der Waals surface area contributed by atoms with Crippen LogP contribution < -0.4 is 5.46 Å². The second-order valence-electron chi connectivity index (χ2n) is 5.17. The van der Waals surface area contributed by atoms with E-state index in [2.05, 4.69) is 36.4 Å². The van der Waals surface area contributed by atoms with Crippen molar-refractivity contribution < 1.29 is 10.0 Å². The van der Waals surface area contributed by atoms with E-state index in [4.69, 9.17) is 0 Å². The Hall–Kier alpha value is -1.14. The van der Waals surface area contributed by atoms with Crippen LogP contribution in [0.4, 0.5) is 0 Å². The number of benzene rings is 1. The van der Waals surface area contributed by atoms with Gasteiger partial charge in [-0.15, -0.1) is 11.3 Å². The summed E-state index contributed by atoms with van der Waals surface area (Å²) >= 11 is 1.79. The van der Waals surface area contributed by atoms with Crippen LogP contribution in [0.1, 0.15) is 17.4 Å². The van der Waals surface area contributed by atoms with E-state index in [-0.39, 0.29) is 0 Å². The summed E-state index contributed by atoms with van der Waals surface area (Å²) in [4.78, 5) is 3.67. The number of likely N-dealkylation sites (N-methyl/N-ethyl adjacent to an activating group) is 1. The number of rotatable bonds is 6. The number of hydrogen-bond donors (Lipinski definition) is 2. The first-order chi connectivity index (χ1) is 9.56. The molecule has 2 rings (SSSR count). The summed E-state index contributed by atoms with van der Waals surface area (Å²) in [6.07, 6.45) is 1.04. The molecule has 0 aliphatic carbocycles. The van der Waals surface area contributed by atoms with E-state index < -0.39 is 7.12 Å². The lowest BCUT2D eigenvalue weighted by atomic mass is 9.79. The zero-order chi connectivity index (χ0) is 14.5. The van der Waals surface area contributed by atoms with Gasteiger partial charge in [0.05, 0.1) is 0 Å². The lowest BCUT2D eigenvalue weighted by Gasteiger charge is -2.24. The van der Waals surface area contributed by atoms with Crippen molar-refractivity contribution in [3.8, 4) is 0 Å². The summed E-state index contributed by atoms with van der Waals surface area (Å²) in [6.45, 7) is 3.01. The second kappa shape index (κ2) is 7.04. The van der Waals surface area contributed by atoms with E-state index in [0.717, 1.165) is 18.5 Å². The summed E-state index contributed by atoms with van der Waals surface area (Å²) in [5.74, 6) is 0. The van der Waals surface area contributed by atoms with Gasteiger partial charge in [-0.3, -0.25) is 4.90 Å². The number of thiophene rings is 1. The van der Waals surface area contributed by atoms with Gasteiger partial charge >= 0.3 is 7.12 Å². The average Bonchev–Trinajstić information content (AvgIpc) is 2.91. The molecule has 1 heterocycles. The van der Waals surface area contributed by atoms with Crippen LogP contribution in [0.3, 0.4) is 0 Å². The first kappa shape index (κ1) is 15.3. The highest BCUT2D eigenvalue weighted by Gasteiger charge is 2.14. The molecular formula is C15H20BNO2S. The normalized spacial score (nSPS) is 12.7. The predicted molar refractivity (Wildman–Crippen MR) is 85.2 cm³/mol. The van der Waals surface area contributed by atoms with Crippen LogP contribution in [0, 0.1) is 0 Å². The van der Waals surface area contributed by atoms with Crippen LogP contribution in [0.2, 0.25) is 0 Å². The molecule has 0 fully saturated rings. The van der Waals surface area contributed by atoms with E-state index in [1.165, 1.54) is 4.88 Å². The van der Waals surface area contributed by atoms with Crippen molar-refractivity contribution in [1.82, 2.24) is 4.90 Å². The molecule has 1 atom stereocenters. The summed E-state index contributed by atoms with van der Waals surface area (Å²) < 4.78 is 0. The lowest BCUT2D eigenvalue weighted by Crippen LogP contribution is -2.32. The van der Waals surface area contributed by atoms with E-state index >= 15 is 0 Å². The van der Waals surface area contributed by atoms with Gasteiger partial charge in [-0.1, -0.05) is 30.3 Å². The molecule has 1 unspecified atom stereocenters. The van der Waals surface area contributed by atoms with Gasteiger partial charge in [-0.2, -0.15) is 0 Å². The lowest BCUT2D eigenvalue weighted by molar-refractivity contribution is 0.249. The SMILES string of the molecule is CC(Cc1cccs1)N(C)Cc1cccc(B(O)O)c1. The Morgan fingerprint density at radius 2 is 2.05 bits per heavy atom. The van der Waals surface area contributed by atoms with E-state index in [1.807, 2.05) is 18.2 Å². The molecule has 5 heteroatoms. The van der Waals surface area contributed by atoms with Gasteiger partial charge in [0.2, 0.25) is 0 Å². The minimum Gasteiger partial charge on any atom is -0.423 e. The number of hydrogen-bond acceptors (Lipinski definition) is 4. The Kier molecular flexibility index (Phi) is 5.37. The fourth-order valence-electron chi connectivity index (χ4n) is 2.17. The molecular weight excluding hydrogens is 269 g/mol. The third kappa shape index (κ3) is 4.18. The van der Waals surface area contributed by atoms with Crippen LogP contribution in [0.15, 0.2) is 41.8 Å². The van der Waals surface area contributed by atoms with Crippen molar-refractivity contribution in [3.05, 3.63) is 52.2 Å². The molecule has 0 saturated heterocycles. The van der Waals surface area contributed by atoms with Gasteiger partial charge in [0, 0.05) is 17.5 Å². The molecule has 0 aliphatic rings. The largest absolute Gasteiger partial charge is 0.488 e. The summed E-state index contributed by atoms with van der Waals surface area (Å²) in [7, 11) is 0.698. The summed E-state index contributed by atoms with van der Waals surface area (Å²) in [5, 5.41) is 20.5. The maximum Gasteiger partial charge on any atom is 0.488 e. The molecule has 0 spiro atoms. The summed E-state index contributed by atoms with van der Waals surface area (Å²) in [5.41, 5.74) is 1.64. The third-order valence-electron chi connectivity index (χ3n) is 3.51. The van der Waals surface area contributed by atoms with Crippen molar-refractivity contribution in [3.63, 3.8) is 0 Å². The van der Waals surface area contributed by atoms with Crippen LogP contribution in [-0.4, -0.2) is 35.2 Å². The van der Waals surface area contributed by atoms with Crippen LogP contribution in [0.5, 0.6) is 0 Å². The van der Waals surface area contributed by atoms with Crippen molar-refractivity contribution >= 4 is 23.9 Å². The van der Waals surface area contributed by atoms with Crippen molar-refractivity contribution in [2.75, 3.05) is 7.05 Å². The Morgan fingerprint density at radius 3 is 2.70 bits per heavy atom. The van der Waals surface area contributed by atoms with E-state index in [0.29, 0.717) is 11.5 Å². The van der Waals surface area contributed by atoms with E-state index in [1.54, 1.807) is 17.4 Å². The first-order valence-corrected chi connectivity index (χ1v) is 7.62. The van der Waals surface area contributed by atoms with Crippen molar-refractivity contribution in [2.24, 2.45) is 0 Å². The maximum atomic E-state index is 9.21. The minimum absolute atomic E-state index is 0.441. The molecule has 0 bridgehead atoms. The van der Waals surface area contributed by atoms with Crippen LogP contribution in [0.25, 0.3) is 0 Å². The van der Waals surface area contributed by atoms with Gasteiger partial charge < -0.3 is 10.0 Å². The van der Waals surface area contributed by atoms with Gasteiger partial charge in [0.15, 0.2) is 0 Å². The van der Waals surface area contributed by atoms with Gasteiger partial charge in [0.1, 0.15) is 0 Å². The molecule has 2 aromatic rings. The highest BCUT2D eigenvalue weighted by Crippen LogP contribution is 2.15. The minimum atomic E-state index is -1.40. The van der Waals surface area contributed by atoms with Gasteiger partial charge in [-0.05, 0) is 42.9 Å². The summed E-state index contributed by atoms with van der Waals surface area (Å²) in [6, 6.07) is 12.1. The Bertz CT molecular complexity index is 530. The average molecular weight is 289 g/mol. The van der Waals surface area contributed by atoms with Crippen LogP contribution >= 0.6 is 11.3 Å². The molecule has 2 N–H and O–H groups in total. The third-order valence-corrected chi connectivity index (χ3v) is 4.41. The zero-order valence-corrected chi connectivity index (χ0v) is 12.7. The highest BCUT2D eigenvalue weighted by molar-refractivity contribution is 7.09. The molecule has 106 valence electrons. The Balaban J connectivity index is 1.96. The molecule has 1 aromatic carbocycles. The molecule has 3 nitrogen and oxygen atoms in total. The van der Waals surface area contributed by atoms with Crippen molar-refractivity contribution in [1.29, 1.82) is 0 Å². The standard InChI is InChI=1S/C15H20BNO2S/c1-12(9-15-7-4-8-20-15)17(2)11-13-5-3-6-14(10-13)16(18)19/h3-8,10,12,18-19H,9,11H2,1-2H3. The molecule has 0 radical (unpaired) electrons. The Labute approximate surface area is 124 Å². The smallest absolute Gasteiger partial charge is 0.423 e. The Morgan fingerprint density at radius 1 is 1.25 bits per heavy atom. The van der Waals surface area contributed by atoms with Gasteiger partial charge in [-0.25, -0.2) is 0 Å². The van der Waals surface area contributed by atoms with E-state index in [9.17, 15) is 10.0 Å². The fourth-order valence-corrected chi connectivity index (χ4v) is 3.00. The predicted octanol–water partition coefficient (Wildman–Crippen LogP) is 1.49. The zero-order valence-electron chi connectivity index (χ0n) is 11.9. The number of nitrogens with zero attached hydrogens (tertiary/aromatic N) is 1. The molecule has 0 saturated carbocycles. The van der Waals surface area contributed by atoms with Crippen molar-refractivity contribution in [2.45, 2.75) is 25.9 Å². The maximum absolute atomic E-state index is 9.21. The first-order valence-electron chi connectivity index (χ1n) is 6.74. The molecule has 1 aromatic heterocycles. The fraction of sp³-hybridized carbons (Fsp3) is 0.333. The monoisotopic (exact) mass is 289 g/mol. The van der Waals surface area contributed by atoms with Gasteiger partial charge in [0.25, 0.3) is 0 Å². The van der Waals surface area contributed by atoms with Crippen LogP contribution in [-0.2, 0) is 13.0 Å². The molecule has 0 aliphatic heterocycles.